The van der Waals surface area contributed by atoms with Gasteiger partial charge in [-0.15, -0.1) is 0 Å². The second-order valence-electron chi connectivity index (χ2n) is 8.94. The van der Waals surface area contributed by atoms with Gasteiger partial charge in [0, 0.05) is 25.3 Å². The minimum Gasteiger partial charge on any atom is -0.507 e. The summed E-state index contributed by atoms with van der Waals surface area (Å²) in [7, 11) is 5.41. The highest BCUT2D eigenvalue weighted by molar-refractivity contribution is 7.22. The van der Waals surface area contributed by atoms with Crippen LogP contribution in [-0.2, 0) is 9.59 Å². The van der Waals surface area contributed by atoms with Crippen LogP contribution in [0.5, 0.6) is 11.5 Å². The van der Waals surface area contributed by atoms with Crippen molar-refractivity contribution in [1.82, 2.24) is 4.98 Å². The van der Waals surface area contributed by atoms with Crippen molar-refractivity contribution in [3.05, 3.63) is 83.4 Å². The predicted octanol–water partition coefficient (Wildman–Crippen LogP) is 5.40. The molecule has 0 spiro atoms. The standard InChI is InChI=1S/C29H27N3O5S/c1-5-37-21-14-15-22-23(16-21)38-29(30-22)32-25(17-6-10-19(11-7-17)31(2)3)24(27(34)28(32)35)26(33)18-8-12-20(36-4)13-9-18/h6-16,25,33H,5H2,1-4H3. The van der Waals surface area contributed by atoms with Crippen LogP contribution < -0.4 is 19.3 Å². The molecule has 1 aliphatic rings. The van der Waals surface area contributed by atoms with Crippen LogP contribution >= 0.6 is 11.3 Å². The lowest BCUT2D eigenvalue weighted by atomic mass is 9.95. The molecule has 4 aromatic rings. The van der Waals surface area contributed by atoms with E-state index in [9.17, 15) is 14.7 Å². The van der Waals surface area contributed by atoms with E-state index in [0.29, 0.717) is 39.9 Å². The number of thiazole rings is 1. The zero-order valence-electron chi connectivity index (χ0n) is 21.5. The van der Waals surface area contributed by atoms with Crippen molar-refractivity contribution in [1.29, 1.82) is 0 Å². The molecule has 38 heavy (non-hydrogen) atoms. The van der Waals surface area contributed by atoms with Gasteiger partial charge in [-0.1, -0.05) is 23.5 Å². The highest BCUT2D eigenvalue weighted by atomic mass is 32.1. The molecule has 0 saturated carbocycles. The van der Waals surface area contributed by atoms with Gasteiger partial charge in [0.25, 0.3) is 5.78 Å². The number of aliphatic hydroxyl groups excluding tert-OH is 1. The number of fused-ring (bicyclic) bond motifs is 1. The number of Topliss-reactive ketones (excluding diaryl/α,β-unsaturated/α-hetero) is 1. The molecule has 9 heteroatoms. The Labute approximate surface area is 224 Å². The number of aromatic nitrogens is 1. The van der Waals surface area contributed by atoms with Gasteiger partial charge in [0.15, 0.2) is 5.13 Å². The fourth-order valence-electron chi connectivity index (χ4n) is 4.46. The molecule has 194 valence electrons. The third-order valence-electron chi connectivity index (χ3n) is 6.40. The summed E-state index contributed by atoms with van der Waals surface area (Å²) >= 11 is 1.29. The molecule has 1 aromatic heterocycles. The summed E-state index contributed by atoms with van der Waals surface area (Å²) in [4.78, 5) is 35.0. The first kappa shape index (κ1) is 25.3. The zero-order valence-corrected chi connectivity index (χ0v) is 22.3. The SMILES string of the molecule is CCOc1ccc2nc(N3C(=O)C(=O)C(=C(O)c4ccc(OC)cc4)C3c3ccc(N(C)C)cc3)sc2c1. The van der Waals surface area contributed by atoms with Crippen molar-refractivity contribution in [2.45, 2.75) is 13.0 Å². The van der Waals surface area contributed by atoms with Gasteiger partial charge in [0.05, 0.1) is 35.5 Å². The van der Waals surface area contributed by atoms with Gasteiger partial charge in [0.2, 0.25) is 0 Å². The number of methoxy groups -OCH3 is 1. The van der Waals surface area contributed by atoms with Gasteiger partial charge in [-0.25, -0.2) is 4.98 Å². The maximum absolute atomic E-state index is 13.5. The van der Waals surface area contributed by atoms with Gasteiger partial charge < -0.3 is 19.5 Å². The number of ketones is 1. The van der Waals surface area contributed by atoms with E-state index in [1.54, 1.807) is 31.4 Å². The summed E-state index contributed by atoms with van der Waals surface area (Å²) in [5, 5.41) is 11.7. The van der Waals surface area contributed by atoms with Crippen molar-refractivity contribution < 1.29 is 24.2 Å². The summed E-state index contributed by atoms with van der Waals surface area (Å²) in [5.74, 6) is -0.457. The summed E-state index contributed by atoms with van der Waals surface area (Å²) in [5.41, 5.74) is 2.74. The topological polar surface area (TPSA) is 92.2 Å². The third-order valence-corrected chi connectivity index (χ3v) is 7.42. The van der Waals surface area contributed by atoms with Gasteiger partial charge in [0.1, 0.15) is 17.3 Å². The van der Waals surface area contributed by atoms with E-state index in [2.05, 4.69) is 4.98 Å². The molecule has 1 amide bonds. The fourth-order valence-corrected chi connectivity index (χ4v) is 5.48. The minimum atomic E-state index is -0.861. The first-order valence-corrected chi connectivity index (χ1v) is 12.9. The summed E-state index contributed by atoms with van der Waals surface area (Å²) < 4.78 is 11.7. The van der Waals surface area contributed by atoms with Gasteiger partial charge in [-0.2, -0.15) is 0 Å². The van der Waals surface area contributed by atoms with Crippen LogP contribution in [0.3, 0.4) is 0 Å². The molecule has 0 bridgehead atoms. The average molecular weight is 530 g/mol. The Morgan fingerprint density at radius 2 is 1.71 bits per heavy atom. The quantitative estimate of drug-likeness (QED) is 0.195. The Hall–Kier alpha value is -4.37. The number of amides is 1. The molecule has 1 aliphatic heterocycles. The van der Waals surface area contributed by atoms with E-state index in [0.717, 1.165) is 10.4 Å². The molecule has 0 aliphatic carbocycles. The normalized spacial score (nSPS) is 16.7. The lowest BCUT2D eigenvalue weighted by Gasteiger charge is -2.23. The average Bonchev–Trinajstić information content (AvgIpc) is 3.46. The Bertz CT molecular complexity index is 1540. The van der Waals surface area contributed by atoms with Gasteiger partial charge >= 0.3 is 5.91 Å². The van der Waals surface area contributed by atoms with Crippen LogP contribution in [0.25, 0.3) is 16.0 Å². The van der Waals surface area contributed by atoms with Crippen molar-refractivity contribution >= 4 is 49.8 Å². The molecule has 0 radical (unpaired) electrons. The van der Waals surface area contributed by atoms with E-state index < -0.39 is 17.7 Å². The largest absolute Gasteiger partial charge is 0.507 e. The van der Waals surface area contributed by atoms with E-state index in [4.69, 9.17) is 9.47 Å². The summed E-state index contributed by atoms with van der Waals surface area (Å²) in [6.07, 6.45) is 0. The van der Waals surface area contributed by atoms with E-state index in [1.807, 2.05) is 68.4 Å². The van der Waals surface area contributed by atoms with Gasteiger partial charge in [-0.05, 0) is 67.1 Å². The van der Waals surface area contributed by atoms with Crippen molar-refractivity contribution in [3.8, 4) is 11.5 Å². The zero-order chi connectivity index (χ0) is 27.0. The van der Waals surface area contributed by atoms with Crippen LogP contribution in [0.1, 0.15) is 24.1 Å². The molecule has 1 saturated heterocycles. The van der Waals surface area contributed by atoms with Crippen LogP contribution in [0.15, 0.2) is 72.3 Å². The van der Waals surface area contributed by atoms with E-state index >= 15 is 0 Å². The highest BCUT2D eigenvalue weighted by Crippen LogP contribution is 2.45. The number of carbonyl (C=O) groups excluding carboxylic acids is 2. The summed E-state index contributed by atoms with van der Waals surface area (Å²) in [6, 6.07) is 18.9. The lowest BCUT2D eigenvalue weighted by molar-refractivity contribution is -0.132. The second kappa shape index (κ2) is 10.2. The van der Waals surface area contributed by atoms with Crippen LogP contribution in [-0.4, -0.2) is 49.6 Å². The Morgan fingerprint density at radius 3 is 2.34 bits per heavy atom. The molecule has 8 nitrogen and oxygen atoms in total. The van der Waals surface area contributed by atoms with Gasteiger partial charge in [-0.3, -0.25) is 14.5 Å². The van der Waals surface area contributed by atoms with Crippen molar-refractivity contribution in [3.63, 3.8) is 0 Å². The fraction of sp³-hybridized carbons (Fsp3) is 0.207. The molecule has 1 unspecified atom stereocenters. The van der Waals surface area contributed by atoms with Crippen LogP contribution in [0, 0.1) is 0 Å². The predicted molar refractivity (Wildman–Crippen MR) is 149 cm³/mol. The number of anilines is 2. The van der Waals surface area contributed by atoms with Crippen LogP contribution in [0.4, 0.5) is 10.8 Å². The third kappa shape index (κ3) is 4.45. The Kier molecular flexibility index (Phi) is 6.77. The minimum absolute atomic E-state index is 0.00651. The molecular formula is C29H27N3O5S. The molecule has 1 N–H and O–H groups in total. The number of carbonyl (C=O) groups is 2. The number of nitrogens with zero attached hydrogens (tertiary/aromatic N) is 3. The molecular weight excluding hydrogens is 502 g/mol. The number of hydrogen-bond donors (Lipinski definition) is 1. The Morgan fingerprint density at radius 1 is 1.03 bits per heavy atom. The monoisotopic (exact) mass is 529 g/mol. The molecule has 2 heterocycles. The second-order valence-corrected chi connectivity index (χ2v) is 9.95. The smallest absolute Gasteiger partial charge is 0.301 e. The number of ether oxygens (including phenoxy) is 2. The number of rotatable bonds is 7. The maximum Gasteiger partial charge on any atom is 0.301 e. The Balaban J connectivity index is 1.67. The van der Waals surface area contributed by atoms with Crippen molar-refractivity contribution in [2.24, 2.45) is 0 Å². The molecule has 1 fully saturated rings. The maximum atomic E-state index is 13.5. The number of hydrogen-bond acceptors (Lipinski definition) is 8. The number of benzene rings is 3. The first-order valence-electron chi connectivity index (χ1n) is 12.1. The first-order chi connectivity index (χ1) is 18.3. The molecule has 5 rings (SSSR count). The van der Waals surface area contributed by atoms with Crippen LogP contribution in [0.2, 0.25) is 0 Å². The molecule has 1 atom stereocenters. The lowest BCUT2D eigenvalue weighted by Crippen LogP contribution is -2.29. The summed E-state index contributed by atoms with van der Waals surface area (Å²) in [6.45, 7) is 2.44. The highest BCUT2D eigenvalue weighted by Gasteiger charge is 2.48. The molecule has 3 aromatic carbocycles. The van der Waals surface area contributed by atoms with E-state index in [-0.39, 0.29) is 11.3 Å². The van der Waals surface area contributed by atoms with Crippen molar-refractivity contribution in [2.75, 3.05) is 37.6 Å². The van der Waals surface area contributed by atoms with E-state index in [1.165, 1.54) is 16.2 Å². The number of aliphatic hydroxyl groups is 1.